The van der Waals surface area contributed by atoms with Gasteiger partial charge in [0.05, 0.1) is 0 Å². The van der Waals surface area contributed by atoms with Crippen LogP contribution in [0.2, 0.25) is 0 Å². The van der Waals surface area contributed by atoms with E-state index in [0.717, 1.165) is 50.9 Å². The topological polar surface area (TPSA) is 74.0 Å². The Morgan fingerprint density at radius 1 is 1.21 bits per heavy atom. The monoisotopic (exact) mass is 399 g/mol. The Balaban J connectivity index is 1.52. The molecule has 0 spiro atoms. The lowest BCUT2D eigenvalue weighted by Crippen LogP contribution is -2.46. The fourth-order valence-corrected chi connectivity index (χ4v) is 4.54. The number of carbonyl (C=O) groups is 1. The molecule has 0 aliphatic carbocycles. The lowest BCUT2D eigenvalue weighted by molar-refractivity contribution is -0.119. The highest BCUT2D eigenvalue weighted by atomic mass is 16.1. The Bertz CT molecular complexity index is 696. The maximum absolute atomic E-state index is 11.3. The van der Waals surface area contributed by atoms with Crippen molar-refractivity contribution in [2.75, 3.05) is 33.2 Å². The Hall–Kier alpha value is -2.08. The summed E-state index contributed by atoms with van der Waals surface area (Å²) in [6.45, 7) is 8.38. The number of amides is 1. The molecule has 1 aromatic carbocycles. The van der Waals surface area contributed by atoms with Crippen molar-refractivity contribution >= 4 is 11.9 Å². The van der Waals surface area contributed by atoms with Crippen molar-refractivity contribution in [3.8, 4) is 0 Å². The molecule has 3 N–H and O–H groups in total. The lowest BCUT2D eigenvalue weighted by atomic mass is 9.95. The zero-order valence-corrected chi connectivity index (χ0v) is 18.1. The van der Waals surface area contributed by atoms with Crippen LogP contribution in [0.3, 0.4) is 0 Å². The molecule has 1 unspecified atom stereocenters. The highest BCUT2D eigenvalue weighted by Crippen LogP contribution is 2.20. The largest absolute Gasteiger partial charge is 0.370 e. The van der Waals surface area contributed by atoms with Gasteiger partial charge in [-0.05, 0) is 61.7 Å². The van der Waals surface area contributed by atoms with E-state index in [0.29, 0.717) is 12.3 Å². The third kappa shape index (κ3) is 6.74. The summed E-state index contributed by atoms with van der Waals surface area (Å²) in [5.74, 6) is 1.90. The fraction of sp³-hybridized carbons (Fsp3) is 0.652. The molecule has 0 saturated carbocycles. The van der Waals surface area contributed by atoms with Crippen molar-refractivity contribution in [2.24, 2.45) is 22.6 Å². The summed E-state index contributed by atoms with van der Waals surface area (Å²) in [6, 6.07) is 8.87. The molecular formula is C23H37N5O. The fourth-order valence-electron chi connectivity index (χ4n) is 4.54. The predicted molar refractivity (Wildman–Crippen MR) is 118 cm³/mol. The van der Waals surface area contributed by atoms with Gasteiger partial charge in [0.25, 0.3) is 0 Å². The highest BCUT2D eigenvalue weighted by molar-refractivity contribution is 5.80. The summed E-state index contributed by atoms with van der Waals surface area (Å²) in [5.41, 5.74) is 8.05. The van der Waals surface area contributed by atoms with E-state index >= 15 is 0 Å². The molecule has 2 saturated heterocycles. The van der Waals surface area contributed by atoms with E-state index in [1.807, 2.05) is 7.05 Å². The predicted octanol–water partition coefficient (Wildman–Crippen LogP) is 2.58. The Morgan fingerprint density at radius 2 is 1.97 bits per heavy atom. The number of benzene rings is 1. The van der Waals surface area contributed by atoms with E-state index in [4.69, 9.17) is 5.73 Å². The summed E-state index contributed by atoms with van der Waals surface area (Å²) < 4.78 is 0. The van der Waals surface area contributed by atoms with Crippen LogP contribution < -0.4 is 11.1 Å². The molecule has 160 valence electrons. The van der Waals surface area contributed by atoms with E-state index in [1.165, 1.54) is 37.1 Å². The van der Waals surface area contributed by atoms with E-state index in [1.54, 1.807) is 0 Å². The number of aliphatic imine (C=N–C) groups is 1. The zero-order valence-electron chi connectivity index (χ0n) is 18.1. The first-order valence-electron chi connectivity index (χ1n) is 11.1. The molecule has 6 heteroatoms. The second kappa shape index (κ2) is 10.6. The Labute approximate surface area is 175 Å². The summed E-state index contributed by atoms with van der Waals surface area (Å²) in [6.07, 6.45) is 5.22. The first kappa shape index (κ1) is 21.6. The second-order valence-electron chi connectivity index (χ2n) is 8.80. The maximum Gasteiger partial charge on any atom is 0.217 e. The molecule has 2 fully saturated rings. The van der Waals surface area contributed by atoms with Gasteiger partial charge in [0, 0.05) is 39.6 Å². The van der Waals surface area contributed by atoms with E-state index < -0.39 is 0 Å². The van der Waals surface area contributed by atoms with Gasteiger partial charge in [-0.2, -0.15) is 0 Å². The van der Waals surface area contributed by atoms with Crippen LogP contribution in [0.4, 0.5) is 0 Å². The standard InChI is InChI=1S/C23H37N5O/c1-18-8-11-27(12-9-18)16-20-6-3-5-19(13-20)15-26-23(25-2)28-10-4-7-21(17-28)14-22(24)29/h3,5-6,13,18,21H,4,7-12,14-17H2,1-2H3,(H2,24,29)(H,25,26). The van der Waals surface area contributed by atoms with Crippen molar-refractivity contribution in [1.82, 2.24) is 15.1 Å². The van der Waals surface area contributed by atoms with Gasteiger partial charge < -0.3 is 16.0 Å². The van der Waals surface area contributed by atoms with Gasteiger partial charge in [-0.25, -0.2) is 0 Å². The Morgan fingerprint density at radius 3 is 2.69 bits per heavy atom. The first-order valence-corrected chi connectivity index (χ1v) is 11.1. The van der Waals surface area contributed by atoms with Crippen molar-refractivity contribution in [1.29, 1.82) is 0 Å². The number of rotatable bonds is 6. The molecule has 29 heavy (non-hydrogen) atoms. The van der Waals surface area contributed by atoms with Crippen LogP contribution in [0.15, 0.2) is 29.3 Å². The van der Waals surface area contributed by atoms with Crippen LogP contribution in [-0.2, 0) is 17.9 Å². The molecule has 1 aromatic rings. The summed E-state index contributed by atoms with van der Waals surface area (Å²) in [4.78, 5) is 20.6. The van der Waals surface area contributed by atoms with Gasteiger partial charge in [0.15, 0.2) is 5.96 Å². The van der Waals surface area contributed by atoms with Gasteiger partial charge in [0.2, 0.25) is 5.91 Å². The summed E-state index contributed by atoms with van der Waals surface area (Å²) in [7, 11) is 1.83. The molecule has 0 radical (unpaired) electrons. The minimum atomic E-state index is -0.209. The smallest absolute Gasteiger partial charge is 0.217 e. The van der Waals surface area contributed by atoms with E-state index in [2.05, 4.69) is 51.3 Å². The lowest BCUT2D eigenvalue weighted by Gasteiger charge is -2.34. The SMILES string of the molecule is CN=C(NCc1cccc(CN2CCC(C)CC2)c1)N1CCCC(CC(N)=O)C1. The van der Waals surface area contributed by atoms with Gasteiger partial charge in [-0.3, -0.25) is 14.7 Å². The number of likely N-dealkylation sites (tertiary alicyclic amines) is 2. The van der Waals surface area contributed by atoms with Crippen molar-refractivity contribution in [3.63, 3.8) is 0 Å². The summed E-state index contributed by atoms with van der Waals surface area (Å²) in [5, 5.41) is 3.51. The molecule has 0 bridgehead atoms. The van der Waals surface area contributed by atoms with E-state index in [9.17, 15) is 4.79 Å². The van der Waals surface area contributed by atoms with Crippen LogP contribution >= 0.6 is 0 Å². The van der Waals surface area contributed by atoms with Gasteiger partial charge in [-0.15, -0.1) is 0 Å². The number of hydrogen-bond donors (Lipinski definition) is 2. The summed E-state index contributed by atoms with van der Waals surface area (Å²) >= 11 is 0. The zero-order chi connectivity index (χ0) is 20.6. The average Bonchev–Trinajstić information content (AvgIpc) is 2.70. The van der Waals surface area contributed by atoms with Crippen LogP contribution in [0, 0.1) is 11.8 Å². The minimum absolute atomic E-state index is 0.209. The van der Waals surface area contributed by atoms with Crippen LogP contribution in [0.1, 0.15) is 50.2 Å². The highest BCUT2D eigenvalue weighted by Gasteiger charge is 2.23. The molecule has 6 nitrogen and oxygen atoms in total. The van der Waals surface area contributed by atoms with Gasteiger partial charge >= 0.3 is 0 Å². The number of hydrogen-bond acceptors (Lipinski definition) is 3. The van der Waals surface area contributed by atoms with Crippen molar-refractivity contribution < 1.29 is 4.79 Å². The quantitative estimate of drug-likeness (QED) is 0.570. The molecular weight excluding hydrogens is 362 g/mol. The number of nitrogens with zero attached hydrogens (tertiary/aromatic N) is 3. The normalized spacial score (nSPS) is 21.9. The van der Waals surface area contributed by atoms with Crippen LogP contribution in [0.5, 0.6) is 0 Å². The number of nitrogens with one attached hydrogen (secondary N) is 1. The molecule has 1 amide bonds. The third-order valence-electron chi connectivity index (χ3n) is 6.24. The maximum atomic E-state index is 11.3. The molecule has 2 aliphatic heterocycles. The molecule has 1 atom stereocenters. The minimum Gasteiger partial charge on any atom is -0.370 e. The first-order chi connectivity index (χ1) is 14.0. The molecule has 0 aromatic heterocycles. The van der Waals surface area contributed by atoms with Crippen molar-refractivity contribution in [2.45, 2.75) is 52.1 Å². The molecule has 3 rings (SSSR count). The number of primary amides is 1. The average molecular weight is 400 g/mol. The number of nitrogens with two attached hydrogens (primary N) is 1. The van der Waals surface area contributed by atoms with Crippen molar-refractivity contribution in [3.05, 3.63) is 35.4 Å². The van der Waals surface area contributed by atoms with Gasteiger partial charge in [0.1, 0.15) is 0 Å². The number of piperidine rings is 2. The van der Waals surface area contributed by atoms with E-state index in [-0.39, 0.29) is 5.91 Å². The third-order valence-corrected chi connectivity index (χ3v) is 6.24. The Kier molecular flexibility index (Phi) is 7.92. The number of carbonyl (C=O) groups excluding carboxylic acids is 1. The molecule has 2 heterocycles. The second-order valence-corrected chi connectivity index (χ2v) is 8.80. The van der Waals surface area contributed by atoms with Gasteiger partial charge in [-0.1, -0.05) is 31.2 Å². The van der Waals surface area contributed by atoms with Crippen LogP contribution in [-0.4, -0.2) is 54.9 Å². The number of guanidine groups is 1. The molecule has 2 aliphatic rings. The van der Waals surface area contributed by atoms with Crippen LogP contribution in [0.25, 0.3) is 0 Å².